The Morgan fingerprint density at radius 2 is 1.88 bits per heavy atom. The van der Waals surface area contributed by atoms with E-state index in [-0.39, 0.29) is 5.78 Å². The number of carbonyl (C=O) groups is 1. The average molecular weight is 316 g/mol. The molecule has 0 fully saturated rings. The Balaban J connectivity index is 2.14. The van der Waals surface area contributed by atoms with Gasteiger partial charge in [0.05, 0.1) is 0 Å². The SMILES string of the molecule is CN(C)c1ccc2nc3c([n+](-c4ccccc4)c2c1)C=CCC3=O. The van der Waals surface area contributed by atoms with Crippen molar-refractivity contribution in [2.24, 2.45) is 0 Å². The molecule has 24 heavy (non-hydrogen) atoms. The first-order valence-corrected chi connectivity index (χ1v) is 7.97. The smallest absolute Gasteiger partial charge is 0.240 e. The van der Waals surface area contributed by atoms with Crippen LogP contribution in [-0.2, 0) is 0 Å². The number of carbonyl (C=O) groups excluding carboxylic acids is 1. The number of nitrogens with zero attached hydrogens (tertiary/aromatic N) is 3. The van der Waals surface area contributed by atoms with Crippen molar-refractivity contribution >= 4 is 28.6 Å². The second-order valence-corrected chi connectivity index (χ2v) is 6.11. The number of para-hydroxylation sites is 1. The van der Waals surface area contributed by atoms with Crippen LogP contribution in [0.2, 0.25) is 0 Å². The Bertz CT molecular complexity index is 975. The molecule has 0 atom stereocenters. The topological polar surface area (TPSA) is 37.1 Å². The van der Waals surface area contributed by atoms with E-state index >= 15 is 0 Å². The Morgan fingerprint density at radius 1 is 1.08 bits per heavy atom. The first-order valence-electron chi connectivity index (χ1n) is 7.97. The van der Waals surface area contributed by atoms with E-state index in [9.17, 15) is 4.79 Å². The van der Waals surface area contributed by atoms with Crippen LogP contribution in [0.1, 0.15) is 22.6 Å². The predicted octanol–water partition coefficient (Wildman–Crippen LogP) is 3.18. The molecule has 1 aliphatic carbocycles. The highest BCUT2D eigenvalue weighted by molar-refractivity contribution is 6.01. The standard InChI is InChI=1S/C20H18N3O/c1-22(2)15-11-12-16-18(13-15)23(14-7-4-3-5-8-14)17-9-6-10-19(24)20(17)21-16/h3-9,11-13H,10H2,1-2H3/q+1. The number of Topliss-reactive ketones (excluding diaryl/α,β-unsaturated/α-hetero) is 1. The molecule has 4 rings (SSSR count). The highest BCUT2D eigenvalue weighted by atomic mass is 16.1. The molecule has 1 heterocycles. The minimum Gasteiger partial charge on any atom is -0.377 e. The van der Waals surface area contributed by atoms with E-state index in [0.29, 0.717) is 12.1 Å². The summed E-state index contributed by atoms with van der Waals surface area (Å²) in [5.41, 5.74) is 5.33. The van der Waals surface area contributed by atoms with E-state index in [2.05, 4.69) is 32.7 Å². The lowest BCUT2D eigenvalue weighted by molar-refractivity contribution is -0.569. The normalized spacial score (nSPS) is 13.2. The van der Waals surface area contributed by atoms with Crippen molar-refractivity contribution in [3.8, 4) is 5.69 Å². The molecular weight excluding hydrogens is 298 g/mol. The molecule has 4 nitrogen and oxygen atoms in total. The fraction of sp³-hybridized carbons (Fsp3) is 0.150. The third-order valence-corrected chi connectivity index (χ3v) is 4.29. The van der Waals surface area contributed by atoms with Gasteiger partial charge in [-0.2, -0.15) is 0 Å². The number of hydrogen-bond acceptors (Lipinski definition) is 3. The average Bonchev–Trinajstić information content (AvgIpc) is 2.60. The van der Waals surface area contributed by atoms with Gasteiger partial charge in [0.1, 0.15) is 5.52 Å². The van der Waals surface area contributed by atoms with Crippen LogP contribution in [0.25, 0.3) is 22.8 Å². The molecule has 0 radical (unpaired) electrons. The van der Waals surface area contributed by atoms with Gasteiger partial charge in [-0.15, -0.1) is 4.57 Å². The van der Waals surface area contributed by atoms with Crippen molar-refractivity contribution in [1.29, 1.82) is 0 Å². The molecule has 2 aromatic carbocycles. The molecule has 1 aliphatic rings. The molecule has 0 aliphatic heterocycles. The summed E-state index contributed by atoms with van der Waals surface area (Å²) in [7, 11) is 4.03. The Kier molecular flexibility index (Phi) is 3.38. The first-order chi connectivity index (χ1) is 11.6. The maximum Gasteiger partial charge on any atom is 0.240 e. The summed E-state index contributed by atoms with van der Waals surface area (Å²) in [6.45, 7) is 0. The van der Waals surface area contributed by atoms with Gasteiger partial charge in [-0.05, 0) is 12.1 Å². The van der Waals surface area contributed by atoms with E-state index in [1.165, 1.54) is 0 Å². The van der Waals surface area contributed by atoms with Crippen LogP contribution in [0.4, 0.5) is 5.69 Å². The third kappa shape index (κ3) is 2.27. The van der Waals surface area contributed by atoms with Gasteiger partial charge in [-0.1, -0.05) is 24.3 Å². The van der Waals surface area contributed by atoms with Gasteiger partial charge >= 0.3 is 0 Å². The largest absolute Gasteiger partial charge is 0.377 e. The number of anilines is 1. The van der Waals surface area contributed by atoms with Crippen LogP contribution in [0.3, 0.4) is 0 Å². The summed E-state index contributed by atoms with van der Waals surface area (Å²) in [5, 5.41) is 0. The number of hydrogen-bond donors (Lipinski definition) is 0. The van der Waals surface area contributed by atoms with Gasteiger partial charge in [0.15, 0.2) is 11.5 Å². The zero-order valence-corrected chi connectivity index (χ0v) is 13.7. The number of aromatic nitrogens is 2. The third-order valence-electron chi connectivity index (χ3n) is 4.29. The second kappa shape index (κ2) is 5.57. The van der Waals surface area contributed by atoms with Crippen LogP contribution in [0, 0.1) is 0 Å². The summed E-state index contributed by atoms with van der Waals surface area (Å²) in [6.07, 6.45) is 4.32. The summed E-state index contributed by atoms with van der Waals surface area (Å²) in [5.74, 6) is 0.0655. The number of ketones is 1. The van der Waals surface area contributed by atoms with Crippen molar-refractivity contribution in [3.05, 3.63) is 66.0 Å². The summed E-state index contributed by atoms with van der Waals surface area (Å²) < 4.78 is 2.12. The van der Waals surface area contributed by atoms with E-state index in [1.807, 2.05) is 56.6 Å². The van der Waals surface area contributed by atoms with Crippen molar-refractivity contribution in [2.45, 2.75) is 6.42 Å². The second-order valence-electron chi connectivity index (χ2n) is 6.11. The molecule has 0 spiro atoms. The highest BCUT2D eigenvalue weighted by Gasteiger charge is 2.28. The zero-order chi connectivity index (χ0) is 16.7. The van der Waals surface area contributed by atoms with Gasteiger partial charge in [0.25, 0.3) is 0 Å². The lowest BCUT2D eigenvalue weighted by atomic mass is 10.0. The first kappa shape index (κ1) is 14.6. The molecule has 4 heteroatoms. The quantitative estimate of drug-likeness (QED) is 0.682. The number of benzene rings is 2. The van der Waals surface area contributed by atoms with Gasteiger partial charge in [0.2, 0.25) is 16.9 Å². The molecule has 118 valence electrons. The van der Waals surface area contributed by atoms with Gasteiger partial charge in [-0.3, -0.25) is 4.79 Å². The molecule has 0 N–H and O–H groups in total. The molecule has 0 saturated carbocycles. The Hall–Kier alpha value is -3.01. The minimum atomic E-state index is 0.0655. The van der Waals surface area contributed by atoms with Crippen LogP contribution >= 0.6 is 0 Å². The van der Waals surface area contributed by atoms with Crippen molar-refractivity contribution in [3.63, 3.8) is 0 Å². The fourth-order valence-corrected chi connectivity index (χ4v) is 3.07. The summed E-state index contributed by atoms with van der Waals surface area (Å²) >= 11 is 0. The van der Waals surface area contributed by atoms with Crippen molar-refractivity contribution < 1.29 is 9.36 Å². The number of allylic oxidation sites excluding steroid dienone is 1. The summed E-state index contributed by atoms with van der Waals surface area (Å²) in [4.78, 5) is 19.1. The highest BCUT2D eigenvalue weighted by Crippen LogP contribution is 2.23. The van der Waals surface area contributed by atoms with Gasteiger partial charge in [-0.25, -0.2) is 4.98 Å². The summed E-state index contributed by atoms with van der Waals surface area (Å²) in [6, 6.07) is 16.2. The molecule has 1 aromatic heterocycles. The molecular formula is C20H18N3O+. The van der Waals surface area contributed by atoms with Crippen LogP contribution < -0.4 is 9.47 Å². The fourth-order valence-electron chi connectivity index (χ4n) is 3.07. The van der Waals surface area contributed by atoms with E-state index in [4.69, 9.17) is 0 Å². The molecule has 0 saturated heterocycles. The lowest BCUT2D eigenvalue weighted by Crippen LogP contribution is -2.38. The Morgan fingerprint density at radius 3 is 2.62 bits per heavy atom. The maximum atomic E-state index is 12.4. The van der Waals surface area contributed by atoms with E-state index in [1.54, 1.807) is 0 Å². The molecule has 3 aromatic rings. The van der Waals surface area contributed by atoms with Gasteiger partial charge < -0.3 is 4.90 Å². The lowest BCUT2D eigenvalue weighted by Gasteiger charge is -2.14. The van der Waals surface area contributed by atoms with Crippen molar-refractivity contribution in [2.75, 3.05) is 19.0 Å². The monoisotopic (exact) mass is 316 g/mol. The zero-order valence-electron chi connectivity index (χ0n) is 13.7. The molecule has 0 unspecified atom stereocenters. The van der Waals surface area contributed by atoms with Gasteiger partial charge in [0, 0.05) is 50.5 Å². The van der Waals surface area contributed by atoms with Crippen LogP contribution in [0.5, 0.6) is 0 Å². The van der Waals surface area contributed by atoms with E-state index < -0.39 is 0 Å². The number of rotatable bonds is 2. The van der Waals surface area contributed by atoms with Crippen LogP contribution in [-0.4, -0.2) is 24.9 Å². The van der Waals surface area contributed by atoms with Crippen LogP contribution in [0.15, 0.2) is 54.6 Å². The van der Waals surface area contributed by atoms with Crippen molar-refractivity contribution in [1.82, 2.24) is 4.98 Å². The molecule has 0 amide bonds. The van der Waals surface area contributed by atoms with E-state index in [0.717, 1.165) is 28.1 Å². The predicted molar refractivity (Wildman–Crippen MR) is 95.6 cm³/mol. The maximum absolute atomic E-state index is 12.4. The molecule has 0 bridgehead atoms. The Labute approximate surface area is 140 Å². The minimum absolute atomic E-state index is 0.0655. The number of fused-ring (bicyclic) bond motifs is 2.